The Morgan fingerprint density at radius 2 is 1.81 bits per heavy atom. The predicted octanol–water partition coefficient (Wildman–Crippen LogP) is 2.06. The first-order chi connectivity index (χ1) is 12.9. The topological polar surface area (TPSA) is 102 Å². The lowest BCUT2D eigenvalue weighted by atomic mass is 10.1. The molecule has 1 fully saturated rings. The molecule has 0 bridgehead atoms. The number of anilines is 1. The van der Waals surface area contributed by atoms with E-state index in [1.165, 1.54) is 11.4 Å². The summed E-state index contributed by atoms with van der Waals surface area (Å²) in [5, 5.41) is 3.38. The molecule has 144 valence electrons. The van der Waals surface area contributed by atoms with Crippen LogP contribution in [0.5, 0.6) is 5.75 Å². The maximum Gasteiger partial charge on any atom is 0.252 e. The van der Waals surface area contributed by atoms with Crippen molar-refractivity contribution in [2.24, 2.45) is 5.73 Å². The number of carbonyl (C=O) groups is 1. The van der Waals surface area contributed by atoms with Gasteiger partial charge in [0, 0.05) is 30.9 Å². The average Bonchev–Trinajstić information content (AvgIpc) is 2.68. The second kappa shape index (κ2) is 7.98. The van der Waals surface area contributed by atoms with Crippen molar-refractivity contribution in [2.75, 3.05) is 25.5 Å². The van der Waals surface area contributed by atoms with E-state index in [1.807, 2.05) is 0 Å². The van der Waals surface area contributed by atoms with Crippen LogP contribution in [0, 0.1) is 0 Å². The van der Waals surface area contributed by atoms with E-state index in [4.69, 9.17) is 10.5 Å². The van der Waals surface area contributed by atoms with E-state index in [9.17, 15) is 13.2 Å². The Bertz CT molecular complexity index is 908. The van der Waals surface area contributed by atoms with Crippen molar-refractivity contribution < 1.29 is 17.9 Å². The van der Waals surface area contributed by atoms with Crippen molar-refractivity contribution in [2.45, 2.75) is 23.8 Å². The number of nitrogens with two attached hydrogens (primary N) is 1. The molecule has 3 rings (SSSR count). The molecule has 0 atom stereocenters. The minimum atomic E-state index is -3.45. The summed E-state index contributed by atoms with van der Waals surface area (Å²) in [6, 6.07) is 13.7. The van der Waals surface area contributed by atoms with E-state index in [2.05, 4.69) is 5.32 Å². The summed E-state index contributed by atoms with van der Waals surface area (Å²) in [6.45, 7) is 0.900. The number of piperidine rings is 1. The van der Waals surface area contributed by atoms with Crippen molar-refractivity contribution in [3.63, 3.8) is 0 Å². The van der Waals surface area contributed by atoms with E-state index >= 15 is 0 Å². The number of carbonyl (C=O) groups excluding carboxylic acids is 1. The molecule has 2 aromatic carbocycles. The number of methoxy groups -OCH3 is 1. The van der Waals surface area contributed by atoms with E-state index in [-0.39, 0.29) is 6.04 Å². The van der Waals surface area contributed by atoms with Gasteiger partial charge in [-0.3, -0.25) is 4.79 Å². The van der Waals surface area contributed by atoms with Crippen LogP contribution in [0.25, 0.3) is 0 Å². The van der Waals surface area contributed by atoms with Crippen LogP contribution < -0.4 is 15.8 Å². The molecule has 1 saturated heterocycles. The summed E-state index contributed by atoms with van der Waals surface area (Å²) in [6.07, 6.45) is 1.37. The van der Waals surface area contributed by atoms with Gasteiger partial charge in [-0.2, -0.15) is 4.31 Å². The quantitative estimate of drug-likeness (QED) is 0.787. The van der Waals surface area contributed by atoms with Gasteiger partial charge in [-0.15, -0.1) is 0 Å². The van der Waals surface area contributed by atoms with Crippen molar-refractivity contribution >= 4 is 21.6 Å². The first-order valence-electron chi connectivity index (χ1n) is 8.71. The third-order valence-corrected chi connectivity index (χ3v) is 6.59. The molecule has 0 aromatic heterocycles. The van der Waals surface area contributed by atoms with Crippen LogP contribution >= 0.6 is 0 Å². The summed E-state index contributed by atoms with van der Waals surface area (Å²) in [4.78, 5) is 11.7. The standard InChI is InChI=1S/C19H23N3O4S/c1-26-18-13-15(7-8-17(18)19(20)23)21-14-9-11-22(12-10-14)27(24,25)16-5-3-2-4-6-16/h2-8,13-14,21H,9-12H2,1H3,(H2,20,23). The fourth-order valence-corrected chi connectivity index (χ4v) is 4.69. The van der Waals surface area contributed by atoms with Gasteiger partial charge in [0.05, 0.1) is 17.6 Å². The van der Waals surface area contributed by atoms with Crippen LogP contribution in [0.1, 0.15) is 23.2 Å². The molecular formula is C19H23N3O4S. The van der Waals surface area contributed by atoms with Gasteiger partial charge in [-0.1, -0.05) is 18.2 Å². The van der Waals surface area contributed by atoms with E-state index < -0.39 is 15.9 Å². The fourth-order valence-electron chi connectivity index (χ4n) is 3.20. The normalized spacial score (nSPS) is 16.0. The molecule has 1 amide bonds. The van der Waals surface area contributed by atoms with Crippen molar-refractivity contribution in [3.8, 4) is 5.75 Å². The zero-order valence-electron chi connectivity index (χ0n) is 15.1. The molecule has 3 N–H and O–H groups in total. The van der Waals surface area contributed by atoms with Gasteiger partial charge < -0.3 is 15.8 Å². The van der Waals surface area contributed by atoms with Gasteiger partial charge >= 0.3 is 0 Å². The van der Waals surface area contributed by atoms with Gasteiger partial charge in [-0.25, -0.2) is 8.42 Å². The number of nitrogens with one attached hydrogen (secondary N) is 1. The number of benzene rings is 2. The number of amides is 1. The fraction of sp³-hybridized carbons (Fsp3) is 0.316. The maximum absolute atomic E-state index is 12.7. The van der Waals surface area contributed by atoms with Crippen LogP contribution in [0.15, 0.2) is 53.4 Å². The molecule has 2 aromatic rings. The minimum absolute atomic E-state index is 0.136. The Labute approximate surface area is 159 Å². The maximum atomic E-state index is 12.7. The van der Waals surface area contributed by atoms with Gasteiger partial charge in [0.25, 0.3) is 5.91 Å². The number of ether oxygens (including phenoxy) is 1. The molecule has 1 aliphatic rings. The molecule has 1 heterocycles. The SMILES string of the molecule is COc1cc(NC2CCN(S(=O)(=O)c3ccccc3)CC2)ccc1C(N)=O. The van der Waals surface area contributed by atoms with Crippen molar-refractivity contribution in [1.82, 2.24) is 4.31 Å². The van der Waals surface area contributed by atoms with Gasteiger partial charge in [0.2, 0.25) is 10.0 Å². The first kappa shape index (κ1) is 19.2. The van der Waals surface area contributed by atoms with E-state index in [0.29, 0.717) is 42.1 Å². The van der Waals surface area contributed by atoms with Crippen molar-refractivity contribution in [1.29, 1.82) is 0 Å². The van der Waals surface area contributed by atoms with E-state index in [0.717, 1.165) is 5.69 Å². The minimum Gasteiger partial charge on any atom is -0.496 e. The Balaban J connectivity index is 1.64. The summed E-state index contributed by atoms with van der Waals surface area (Å²) >= 11 is 0. The summed E-state index contributed by atoms with van der Waals surface area (Å²) in [5.74, 6) is -0.130. The molecular weight excluding hydrogens is 366 g/mol. The second-order valence-corrected chi connectivity index (χ2v) is 8.35. The Morgan fingerprint density at radius 3 is 2.41 bits per heavy atom. The molecule has 7 nitrogen and oxygen atoms in total. The molecule has 0 spiro atoms. The number of hydrogen-bond donors (Lipinski definition) is 2. The highest BCUT2D eigenvalue weighted by Gasteiger charge is 2.29. The molecule has 1 aliphatic heterocycles. The van der Waals surface area contributed by atoms with Gasteiger partial charge in [0.1, 0.15) is 5.75 Å². The predicted molar refractivity (Wildman–Crippen MR) is 103 cm³/mol. The van der Waals surface area contributed by atoms with Crippen LogP contribution in [0.4, 0.5) is 5.69 Å². The Morgan fingerprint density at radius 1 is 1.15 bits per heavy atom. The first-order valence-corrected chi connectivity index (χ1v) is 10.2. The lowest BCUT2D eigenvalue weighted by molar-refractivity contribution is 0.0997. The third kappa shape index (κ3) is 4.23. The highest BCUT2D eigenvalue weighted by molar-refractivity contribution is 7.89. The average molecular weight is 389 g/mol. The molecule has 0 radical (unpaired) electrons. The van der Waals surface area contributed by atoms with Crippen LogP contribution in [0.3, 0.4) is 0 Å². The lowest BCUT2D eigenvalue weighted by Crippen LogP contribution is -2.42. The highest BCUT2D eigenvalue weighted by atomic mass is 32.2. The summed E-state index contributed by atoms with van der Waals surface area (Å²) in [7, 11) is -1.97. The lowest BCUT2D eigenvalue weighted by Gasteiger charge is -2.32. The number of rotatable bonds is 6. The molecule has 8 heteroatoms. The highest BCUT2D eigenvalue weighted by Crippen LogP contribution is 2.26. The Hall–Kier alpha value is -2.58. The van der Waals surface area contributed by atoms with Crippen LogP contribution in [-0.4, -0.2) is 44.9 Å². The van der Waals surface area contributed by atoms with Crippen LogP contribution in [0.2, 0.25) is 0 Å². The van der Waals surface area contributed by atoms with Crippen molar-refractivity contribution in [3.05, 3.63) is 54.1 Å². The second-order valence-electron chi connectivity index (χ2n) is 6.42. The molecule has 0 aliphatic carbocycles. The number of primary amides is 1. The van der Waals surface area contributed by atoms with Gasteiger partial charge in [0.15, 0.2) is 0 Å². The third-order valence-electron chi connectivity index (χ3n) is 4.67. The Kier molecular flexibility index (Phi) is 5.67. The zero-order valence-corrected chi connectivity index (χ0v) is 15.9. The monoisotopic (exact) mass is 389 g/mol. The number of hydrogen-bond acceptors (Lipinski definition) is 5. The molecule has 27 heavy (non-hydrogen) atoms. The number of sulfonamides is 1. The van der Waals surface area contributed by atoms with Crippen LogP contribution in [-0.2, 0) is 10.0 Å². The number of nitrogens with zero attached hydrogens (tertiary/aromatic N) is 1. The summed E-state index contributed by atoms with van der Waals surface area (Å²) < 4.78 is 32.1. The smallest absolute Gasteiger partial charge is 0.252 e. The molecule has 0 saturated carbocycles. The zero-order chi connectivity index (χ0) is 19.4. The largest absolute Gasteiger partial charge is 0.496 e. The molecule has 0 unspecified atom stereocenters. The van der Waals surface area contributed by atoms with E-state index in [1.54, 1.807) is 48.5 Å². The van der Waals surface area contributed by atoms with Gasteiger partial charge in [-0.05, 0) is 37.1 Å². The summed E-state index contributed by atoms with van der Waals surface area (Å²) in [5.41, 5.74) is 6.46.